The summed E-state index contributed by atoms with van der Waals surface area (Å²) in [6.45, 7) is 3.83. The lowest BCUT2D eigenvalue weighted by Gasteiger charge is -2.33. The third kappa shape index (κ3) is 3.38. The number of aromatic amines is 1. The quantitative estimate of drug-likeness (QED) is 0.737. The molecule has 2 aromatic heterocycles. The van der Waals surface area contributed by atoms with Crippen LogP contribution in [0.25, 0.3) is 22.4 Å². The largest absolute Gasteiger partial charge is 0.497 e. The molecule has 28 heavy (non-hydrogen) atoms. The van der Waals surface area contributed by atoms with Gasteiger partial charge in [-0.3, -0.25) is 4.79 Å². The van der Waals surface area contributed by atoms with Crippen molar-refractivity contribution in [2.24, 2.45) is 0 Å². The van der Waals surface area contributed by atoms with Crippen LogP contribution in [-0.2, 0) is 0 Å². The molecule has 1 saturated heterocycles. The zero-order chi connectivity index (χ0) is 19.7. The summed E-state index contributed by atoms with van der Waals surface area (Å²) in [6, 6.07) is 9.17. The number of nitrogens with zero attached hydrogens (tertiary/aromatic N) is 4. The number of rotatable bonds is 4. The molecule has 1 aromatic carbocycles. The van der Waals surface area contributed by atoms with E-state index in [1.165, 1.54) is 7.11 Å². The molecule has 4 rings (SSSR count). The molecule has 1 aliphatic rings. The highest BCUT2D eigenvalue weighted by Crippen LogP contribution is 2.28. The monoisotopic (exact) mass is 381 g/mol. The van der Waals surface area contributed by atoms with E-state index in [0.29, 0.717) is 33.9 Å². The van der Waals surface area contributed by atoms with Gasteiger partial charge in [0.25, 0.3) is 5.56 Å². The molecule has 8 nitrogen and oxygen atoms in total. The van der Waals surface area contributed by atoms with Crippen LogP contribution >= 0.6 is 0 Å². The molecule has 1 aliphatic heterocycles. The Morgan fingerprint density at radius 3 is 2.54 bits per heavy atom. The van der Waals surface area contributed by atoms with Crippen molar-refractivity contribution in [2.75, 3.05) is 52.3 Å². The fourth-order valence-electron chi connectivity index (χ4n) is 3.38. The van der Waals surface area contributed by atoms with Crippen LogP contribution < -0.4 is 19.9 Å². The number of pyridine rings is 1. The van der Waals surface area contributed by atoms with Crippen LogP contribution in [0.2, 0.25) is 0 Å². The van der Waals surface area contributed by atoms with E-state index in [2.05, 4.69) is 26.8 Å². The van der Waals surface area contributed by atoms with Crippen molar-refractivity contribution in [2.45, 2.75) is 0 Å². The lowest BCUT2D eigenvalue weighted by atomic mass is 10.2. The second-order valence-corrected chi connectivity index (χ2v) is 6.81. The average molecular weight is 381 g/mol. The zero-order valence-electron chi connectivity index (χ0n) is 16.2. The molecular weight excluding hydrogens is 358 g/mol. The molecule has 0 saturated carbocycles. The van der Waals surface area contributed by atoms with Gasteiger partial charge in [-0.15, -0.1) is 0 Å². The summed E-state index contributed by atoms with van der Waals surface area (Å²) in [5, 5.41) is 0.391. The molecule has 0 aliphatic carbocycles. The van der Waals surface area contributed by atoms with Crippen LogP contribution in [0.15, 0.2) is 35.1 Å². The number of fused-ring (bicyclic) bond motifs is 1. The predicted molar refractivity (Wildman–Crippen MR) is 108 cm³/mol. The highest BCUT2D eigenvalue weighted by molar-refractivity contribution is 5.87. The molecule has 0 amide bonds. The Kier molecular flexibility index (Phi) is 4.87. The lowest BCUT2D eigenvalue weighted by molar-refractivity contribution is 0.312. The van der Waals surface area contributed by atoms with Crippen LogP contribution in [0.5, 0.6) is 11.5 Å². The molecule has 1 N–H and O–H groups in total. The summed E-state index contributed by atoms with van der Waals surface area (Å²) < 4.78 is 10.6. The molecule has 3 aromatic rings. The van der Waals surface area contributed by atoms with E-state index in [1.54, 1.807) is 19.2 Å². The Balaban J connectivity index is 1.77. The van der Waals surface area contributed by atoms with Gasteiger partial charge in [0.05, 0.1) is 19.7 Å². The smallest absolute Gasteiger partial charge is 0.262 e. The number of hydrogen-bond acceptors (Lipinski definition) is 7. The number of hydrogen-bond donors (Lipinski definition) is 1. The SMILES string of the molecule is COc1cc(OC)c2c(=O)[nH]c(-c3cccc(N4CCN(C)CC4)n3)nc2c1. The molecule has 3 heterocycles. The van der Waals surface area contributed by atoms with Gasteiger partial charge in [0, 0.05) is 38.3 Å². The van der Waals surface area contributed by atoms with Crippen LogP contribution in [0, 0.1) is 0 Å². The molecule has 0 radical (unpaired) electrons. The minimum absolute atomic E-state index is 0.272. The van der Waals surface area contributed by atoms with Gasteiger partial charge in [0.1, 0.15) is 28.4 Å². The molecule has 0 spiro atoms. The Hall–Kier alpha value is -3.13. The summed E-state index contributed by atoms with van der Waals surface area (Å²) in [5.74, 6) is 2.31. The van der Waals surface area contributed by atoms with Crippen molar-refractivity contribution < 1.29 is 9.47 Å². The molecular formula is C20H23N5O3. The number of piperazine rings is 1. The Morgan fingerprint density at radius 1 is 1.04 bits per heavy atom. The maximum absolute atomic E-state index is 12.7. The number of H-pyrrole nitrogens is 1. The van der Waals surface area contributed by atoms with Gasteiger partial charge in [-0.2, -0.15) is 0 Å². The molecule has 146 valence electrons. The van der Waals surface area contributed by atoms with E-state index >= 15 is 0 Å². The average Bonchev–Trinajstić information content (AvgIpc) is 2.73. The van der Waals surface area contributed by atoms with Gasteiger partial charge in [0.15, 0.2) is 5.82 Å². The van der Waals surface area contributed by atoms with Crippen LogP contribution in [0.4, 0.5) is 5.82 Å². The number of methoxy groups -OCH3 is 2. The fraction of sp³-hybridized carbons (Fsp3) is 0.350. The van der Waals surface area contributed by atoms with Crippen molar-refractivity contribution in [1.29, 1.82) is 0 Å². The van der Waals surface area contributed by atoms with E-state index in [4.69, 9.17) is 14.5 Å². The molecule has 8 heteroatoms. The minimum atomic E-state index is -0.272. The molecule has 0 bridgehead atoms. The van der Waals surface area contributed by atoms with Crippen LogP contribution in [0.3, 0.4) is 0 Å². The number of anilines is 1. The zero-order valence-corrected chi connectivity index (χ0v) is 16.2. The summed E-state index contributed by atoms with van der Waals surface area (Å²) in [6.07, 6.45) is 0. The second kappa shape index (κ2) is 7.47. The van der Waals surface area contributed by atoms with Crippen molar-refractivity contribution >= 4 is 16.7 Å². The van der Waals surface area contributed by atoms with Crippen LogP contribution in [-0.4, -0.2) is 67.3 Å². The van der Waals surface area contributed by atoms with E-state index in [1.807, 2.05) is 18.2 Å². The first-order valence-electron chi connectivity index (χ1n) is 9.16. The van der Waals surface area contributed by atoms with Gasteiger partial charge >= 0.3 is 0 Å². The van der Waals surface area contributed by atoms with E-state index in [-0.39, 0.29) is 5.56 Å². The number of aromatic nitrogens is 3. The lowest BCUT2D eigenvalue weighted by Crippen LogP contribution is -2.44. The van der Waals surface area contributed by atoms with Crippen molar-refractivity contribution in [3.8, 4) is 23.0 Å². The molecule has 1 fully saturated rings. The predicted octanol–water partition coefficient (Wildman–Crippen LogP) is 1.75. The maximum atomic E-state index is 12.7. The van der Waals surface area contributed by atoms with E-state index < -0.39 is 0 Å². The summed E-state index contributed by atoms with van der Waals surface area (Å²) in [4.78, 5) is 29.4. The third-order valence-electron chi connectivity index (χ3n) is 5.01. The topological polar surface area (TPSA) is 83.6 Å². The number of ether oxygens (including phenoxy) is 2. The highest BCUT2D eigenvalue weighted by atomic mass is 16.5. The normalized spacial score (nSPS) is 15.0. The Labute approximate surface area is 162 Å². The van der Waals surface area contributed by atoms with E-state index in [0.717, 1.165) is 32.0 Å². The molecule has 0 atom stereocenters. The van der Waals surface area contributed by atoms with Gasteiger partial charge < -0.3 is 24.3 Å². The standard InChI is InChI=1S/C20H23N5O3/c1-24-7-9-25(10-8-24)17-6-4-5-14(21-17)19-22-15-11-13(27-2)12-16(28-3)18(15)20(26)23-19/h4-6,11-12H,7-10H2,1-3H3,(H,22,23,26). The first-order valence-corrected chi connectivity index (χ1v) is 9.16. The maximum Gasteiger partial charge on any atom is 0.262 e. The second-order valence-electron chi connectivity index (χ2n) is 6.81. The number of benzene rings is 1. The van der Waals surface area contributed by atoms with Gasteiger partial charge in [-0.05, 0) is 19.2 Å². The van der Waals surface area contributed by atoms with Crippen molar-refractivity contribution in [3.05, 3.63) is 40.7 Å². The number of likely N-dealkylation sites (N-methyl/N-ethyl adjacent to an activating group) is 1. The Morgan fingerprint density at radius 2 is 1.82 bits per heavy atom. The fourth-order valence-corrected chi connectivity index (χ4v) is 3.38. The highest BCUT2D eigenvalue weighted by Gasteiger charge is 2.17. The Bertz CT molecular complexity index is 1060. The number of nitrogens with one attached hydrogen (secondary N) is 1. The van der Waals surface area contributed by atoms with Gasteiger partial charge in [0.2, 0.25) is 0 Å². The van der Waals surface area contributed by atoms with Crippen molar-refractivity contribution in [1.82, 2.24) is 19.9 Å². The third-order valence-corrected chi connectivity index (χ3v) is 5.01. The van der Waals surface area contributed by atoms with E-state index in [9.17, 15) is 4.79 Å². The summed E-state index contributed by atoms with van der Waals surface area (Å²) in [5.41, 5.74) is 0.852. The first-order chi connectivity index (χ1) is 13.6. The van der Waals surface area contributed by atoms with Gasteiger partial charge in [-0.1, -0.05) is 6.07 Å². The summed E-state index contributed by atoms with van der Waals surface area (Å²) in [7, 11) is 5.20. The van der Waals surface area contributed by atoms with Crippen molar-refractivity contribution in [3.63, 3.8) is 0 Å². The van der Waals surface area contributed by atoms with Crippen LogP contribution in [0.1, 0.15) is 0 Å². The summed E-state index contributed by atoms with van der Waals surface area (Å²) >= 11 is 0. The minimum Gasteiger partial charge on any atom is -0.497 e. The first kappa shape index (κ1) is 18.2. The molecule has 0 unspecified atom stereocenters. The van der Waals surface area contributed by atoms with Gasteiger partial charge in [-0.25, -0.2) is 9.97 Å².